The molecule has 25 heavy (non-hydrogen) atoms. The Balaban J connectivity index is 0.00000182. The first-order chi connectivity index (χ1) is 11.8. The molecule has 1 saturated heterocycles. The van der Waals surface area contributed by atoms with Crippen LogP contribution in [0.5, 0.6) is 0 Å². The Labute approximate surface area is 171 Å². The molecule has 2 aliphatic carbocycles. The van der Waals surface area contributed by atoms with Crippen molar-refractivity contribution in [1.29, 1.82) is 0 Å². The van der Waals surface area contributed by atoms with Crippen LogP contribution in [0.3, 0.4) is 0 Å². The summed E-state index contributed by atoms with van der Waals surface area (Å²) in [6.07, 6.45) is 8.67. The predicted molar refractivity (Wildman–Crippen MR) is 113 cm³/mol. The van der Waals surface area contributed by atoms with Crippen molar-refractivity contribution in [2.45, 2.75) is 64.6 Å². The number of fused-ring (bicyclic) bond motifs is 2. The van der Waals surface area contributed by atoms with Crippen molar-refractivity contribution >= 4 is 41.3 Å². The molecule has 0 amide bonds. The fourth-order valence-corrected chi connectivity index (χ4v) is 5.44. The first-order valence-corrected chi connectivity index (χ1v) is 10.2. The maximum absolute atomic E-state index is 6.02. The Hall–Kier alpha value is -0.410. The summed E-state index contributed by atoms with van der Waals surface area (Å²) in [6.45, 7) is 6.76. The SMILES string of the molecule is CCNC(=NCc1ncc(CC)s1)NC1C2CCOC2C12CCC2.I. The van der Waals surface area contributed by atoms with Gasteiger partial charge >= 0.3 is 0 Å². The van der Waals surface area contributed by atoms with E-state index < -0.39 is 0 Å². The summed E-state index contributed by atoms with van der Waals surface area (Å²) >= 11 is 1.77. The highest BCUT2D eigenvalue weighted by atomic mass is 127. The number of aryl methyl sites for hydroxylation is 1. The van der Waals surface area contributed by atoms with Gasteiger partial charge in [0.2, 0.25) is 0 Å². The minimum atomic E-state index is 0. The van der Waals surface area contributed by atoms with E-state index in [0.717, 1.165) is 30.5 Å². The lowest BCUT2D eigenvalue weighted by Crippen LogP contribution is -2.72. The molecule has 2 N–H and O–H groups in total. The molecule has 0 bridgehead atoms. The first-order valence-electron chi connectivity index (χ1n) is 9.37. The third kappa shape index (κ3) is 3.43. The van der Waals surface area contributed by atoms with Gasteiger partial charge in [-0.1, -0.05) is 13.3 Å². The van der Waals surface area contributed by atoms with E-state index in [1.807, 2.05) is 6.20 Å². The molecule has 1 spiro atoms. The quantitative estimate of drug-likeness (QED) is 0.389. The molecule has 3 atom stereocenters. The number of hydrogen-bond acceptors (Lipinski definition) is 4. The largest absolute Gasteiger partial charge is 0.377 e. The van der Waals surface area contributed by atoms with Crippen molar-refractivity contribution in [2.24, 2.45) is 16.3 Å². The summed E-state index contributed by atoms with van der Waals surface area (Å²) in [5, 5.41) is 8.25. The summed E-state index contributed by atoms with van der Waals surface area (Å²) in [5.74, 6) is 1.60. The van der Waals surface area contributed by atoms with Gasteiger partial charge in [0, 0.05) is 41.6 Å². The van der Waals surface area contributed by atoms with Gasteiger partial charge in [0.1, 0.15) is 5.01 Å². The van der Waals surface area contributed by atoms with Crippen molar-refractivity contribution in [3.63, 3.8) is 0 Å². The maximum atomic E-state index is 6.02. The van der Waals surface area contributed by atoms with Gasteiger partial charge in [0.05, 0.1) is 12.6 Å². The van der Waals surface area contributed by atoms with Crippen LogP contribution < -0.4 is 10.6 Å². The number of rotatable bonds is 5. The zero-order chi connectivity index (χ0) is 16.6. The van der Waals surface area contributed by atoms with E-state index in [4.69, 9.17) is 9.73 Å². The average molecular weight is 476 g/mol. The number of nitrogens with zero attached hydrogens (tertiary/aromatic N) is 2. The number of guanidine groups is 1. The van der Waals surface area contributed by atoms with Crippen LogP contribution in [0.1, 0.15) is 49.4 Å². The van der Waals surface area contributed by atoms with Gasteiger partial charge in [-0.15, -0.1) is 35.3 Å². The Morgan fingerprint density at radius 3 is 2.92 bits per heavy atom. The topological polar surface area (TPSA) is 58.5 Å². The van der Waals surface area contributed by atoms with E-state index >= 15 is 0 Å². The Morgan fingerprint density at radius 1 is 1.44 bits per heavy atom. The lowest BCUT2D eigenvalue weighted by molar-refractivity contribution is -0.171. The predicted octanol–water partition coefficient (Wildman–Crippen LogP) is 3.34. The summed E-state index contributed by atoms with van der Waals surface area (Å²) in [4.78, 5) is 10.6. The summed E-state index contributed by atoms with van der Waals surface area (Å²) in [7, 11) is 0. The minimum absolute atomic E-state index is 0. The monoisotopic (exact) mass is 476 g/mol. The van der Waals surface area contributed by atoms with Crippen molar-refractivity contribution in [3.8, 4) is 0 Å². The zero-order valence-corrected chi connectivity index (χ0v) is 18.2. The first kappa shape index (κ1) is 19.4. The second-order valence-corrected chi connectivity index (χ2v) is 8.42. The summed E-state index contributed by atoms with van der Waals surface area (Å²) in [6, 6.07) is 0.527. The van der Waals surface area contributed by atoms with Gasteiger partial charge < -0.3 is 15.4 Å². The van der Waals surface area contributed by atoms with Crippen LogP contribution in [-0.4, -0.2) is 36.2 Å². The Bertz CT molecular complexity index is 616. The average Bonchev–Trinajstić information content (AvgIpc) is 3.16. The molecule has 2 saturated carbocycles. The van der Waals surface area contributed by atoms with Crippen LogP contribution >= 0.6 is 35.3 Å². The lowest BCUT2D eigenvalue weighted by Gasteiger charge is -2.63. The molecule has 5 nitrogen and oxygen atoms in total. The third-order valence-electron chi connectivity index (χ3n) is 5.99. The molecule has 4 rings (SSSR count). The number of halogens is 1. The third-order valence-corrected chi connectivity index (χ3v) is 7.12. The molecule has 140 valence electrons. The Morgan fingerprint density at radius 2 is 2.28 bits per heavy atom. The lowest BCUT2D eigenvalue weighted by atomic mass is 9.46. The highest BCUT2D eigenvalue weighted by molar-refractivity contribution is 14.0. The number of aliphatic imine (C=N–C) groups is 1. The second kappa shape index (κ2) is 8.08. The van der Waals surface area contributed by atoms with Gasteiger partial charge in [-0.2, -0.15) is 0 Å². The molecule has 1 aromatic heterocycles. The molecule has 0 aromatic carbocycles. The molecular formula is C18H29IN4OS. The van der Waals surface area contributed by atoms with Gasteiger partial charge in [-0.3, -0.25) is 0 Å². The summed E-state index contributed by atoms with van der Waals surface area (Å²) < 4.78 is 6.02. The van der Waals surface area contributed by atoms with Crippen LogP contribution in [0.4, 0.5) is 0 Å². The highest BCUT2D eigenvalue weighted by Crippen LogP contribution is 2.62. The van der Waals surface area contributed by atoms with E-state index in [1.165, 1.54) is 30.6 Å². The van der Waals surface area contributed by atoms with Crippen LogP contribution in [-0.2, 0) is 17.7 Å². The smallest absolute Gasteiger partial charge is 0.191 e. The minimum Gasteiger partial charge on any atom is -0.377 e. The van der Waals surface area contributed by atoms with Crippen LogP contribution in [0.2, 0.25) is 0 Å². The molecule has 7 heteroatoms. The molecule has 2 heterocycles. The maximum Gasteiger partial charge on any atom is 0.191 e. The van der Waals surface area contributed by atoms with E-state index in [0.29, 0.717) is 30.0 Å². The fraction of sp³-hybridized carbons (Fsp3) is 0.778. The van der Waals surface area contributed by atoms with E-state index in [1.54, 1.807) is 11.3 Å². The van der Waals surface area contributed by atoms with Crippen molar-refractivity contribution in [2.75, 3.05) is 13.2 Å². The second-order valence-electron chi connectivity index (χ2n) is 7.22. The standard InChI is InChI=1S/C18H28N4OS.HI/c1-3-12-10-20-14(24-12)11-21-17(19-4-2)22-15-13-6-9-23-16(13)18(15)7-5-8-18;/h10,13,15-16H,3-9,11H2,1-2H3,(H2,19,21,22);1H. The number of hydrogen-bond donors (Lipinski definition) is 2. The van der Waals surface area contributed by atoms with E-state index in [-0.39, 0.29) is 24.0 Å². The number of nitrogens with one attached hydrogen (secondary N) is 2. The number of ether oxygens (including phenoxy) is 1. The molecule has 1 aromatic rings. The molecule has 3 aliphatic rings. The van der Waals surface area contributed by atoms with Crippen LogP contribution in [0, 0.1) is 11.3 Å². The van der Waals surface area contributed by atoms with E-state index in [2.05, 4.69) is 29.5 Å². The zero-order valence-electron chi connectivity index (χ0n) is 15.1. The van der Waals surface area contributed by atoms with Crippen LogP contribution in [0.25, 0.3) is 0 Å². The normalized spacial score (nSPS) is 29.4. The number of thiazole rings is 1. The molecule has 3 unspecified atom stereocenters. The highest BCUT2D eigenvalue weighted by Gasteiger charge is 2.66. The molecule has 3 fully saturated rings. The van der Waals surface area contributed by atoms with Crippen molar-refractivity contribution in [3.05, 3.63) is 16.1 Å². The summed E-state index contributed by atoms with van der Waals surface area (Å²) in [5.41, 5.74) is 0.383. The number of aromatic nitrogens is 1. The van der Waals surface area contributed by atoms with Gasteiger partial charge in [0.15, 0.2) is 5.96 Å². The molecule has 0 radical (unpaired) electrons. The van der Waals surface area contributed by atoms with Crippen LogP contribution in [0.15, 0.2) is 11.2 Å². The van der Waals surface area contributed by atoms with Gasteiger partial charge in [-0.25, -0.2) is 9.98 Å². The molecule has 1 aliphatic heterocycles. The molecular weight excluding hydrogens is 447 g/mol. The fourth-order valence-electron chi connectivity index (χ4n) is 4.65. The van der Waals surface area contributed by atoms with Crippen molar-refractivity contribution in [1.82, 2.24) is 15.6 Å². The Kier molecular flexibility index (Phi) is 6.26. The van der Waals surface area contributed by atoms with E-state index in [9.17, 15) is 0 Å². The van der Waals surface area contributed by atoms with Gasteiger partial charge in [0.25, 0.3) is 0 Å². The van der Waals surface area contributed by atoms with Crippen molar-refractivity contribution < 1.29 is 4.74 Å². The van der Waals surface area contributed by atoms with Gasteiger partial charge in [-0.05, 0) is 32.6 Å².